The average Bonchev–Trinajstić information content (AvgIpc) is 2.33. The summed E-state index contributed by atoms with van der Waals surface area (Å²) in [6.45, 7) is 11.6. The number of aromatic carboxylic acids is 2. The molecule has 0 saturated carbocycles. The van der Waals surface area contributed by atoms with E-state index in [0.717, 1.165) is 5.56 Å². The Morgan fingerprint density at radius 3 is 1.41 bits per heavy atom. The van der Waals surface area contributed by atoms with Crippen molar-refractivity contribution in [3.8, 4) is 0 Å². The largest absolute Gasteiger partial charge is 0.478 e. The van der Waals surface area contributed by atoms with Crippen molar-refractivity contribution in [2.24, 2.45) is 0 Å². The molecule has 0 fully saturated rings. The van der Waals surface area contributed by atoms with Crippen LogP contribution in [0.2, 0.25) is 0 Å². The van der Waals surface area contributed by atoms with Gasteiger partial charge in [-0.2, -0.15) is 0 Å². The van der Waals surface area contributed by atoms with Crippen molar-refractivity contribution in [3.05, 3.63) is 33.9 Å². The molecule has 0 aromatic heterocycles. The first-order valence-corrected chi connectivity index (χ1v) is 8.18. The highest BCUT2D eigenvalue weighted by Gasteiger charge is 2.33. The van der Waals surface area contributed by atoms with E-state index in [1.165, 1.54) is 6.07 Å². The Hall–Kier alpha value is -1.36. The summed E-state index contributed by atoms with van der Waals surface area (Å²) in [7, 11) is 0. The van der Waals surface area contributed by atoms with Crippen LogP contribution in [0, 0.1) is 0 Å². The molecule has 0 aliphatic carbocycles. The number of carboxylic acids is 2. The van der Waals surface area contributed by atoms with Crippen LogP contribution in [0.4, 0.5) is 0 Å². The van der Waals surface area contributed by atoms with Crippen LogP contribution in [0.25, 0.3) is 0 Å². The molecule has 1 aromatic rings. The summed E-state index contributed by atoms with van der Waals surface area (Å²) in [6.07, 6.45) is 0. The van der Waals surface area contributed by atoms with Crippen molar-refractivity contribution >= 4 is 27.9 Å². The molecular weight excluding hydrogens is 348 g/mol. The highest BCUT2D eigenvalue weighted by molar-refractivity contribution is 9.08. The smallest absolute Gasteiger partial charge is 0.336 e. The molecule has 0 radical (unpaired) electrons. The van der Waals surface area contributed by atoms with Crippen LogP contribution in [0.3, 0.4) is 0 Å². The second-order valence-electron chi connectivity index (χ2n) is 7.44. The standard InChI is InChI=1S/C17H23BrO4/c1-16(2,3)12-9(14(19)20)7-10(15(21)22)13(11(12)8-18)17(4,5)6/h7H,8H2,1-6H3,(H,19,20)(H,21,22). The van der Waals surface area contributed by atoms with Gasteiger partial charge in [-0.25, -0.2) is 9.59 Å². The van der Waals surface area contributed by atoms with Gasteiger partial charge in [0.1, 0.15) is 0 Å². The van der Waals surface area contributed by atoms with E-state index in [2.05, 4.69) is 15.9 Å². The first-order chi connectivity index (χ1) is 9.82. The monoisotopic (exact) mass is 370 g/mol. The second-order valence-corrected chi connectivity index (χ2v) is 8.00. The predicted octanol–water partition coefficient (Wildman–Crippen LogP) is 4.57. The van der Waals surface area contributed by atoms with E-state index in [1.807, 2.05) is 41.5 Å². The van der Waals surface area contributed by atoms with Crippen LogP contribution in [-0.4, -0.2) is 22.2 Å². The Labute approximate surface area is 139 Å². The van der Waals surface area contributed by atoms with Gasteiger partial charge in [-0.15, -0.1) is 0 Å². The van der Waals surface area contributed by atoms with Crippen LogP contribution >= 0.6 is 15.9 Å². The van der Waals surface area contributed by atoms with E-state index in [-0.39, 0.29) is 11.1 Å². The van der Waals surface area contributed by atoms with Crippen molar-refractivity contribution in [1.29, 1.82) is 0 Å². The van der Waals surface area contributed by atoms with Gasteiger partial charge in [0.2, 0.25) is 0 Å². The molecule has 0 aliphatic heterocycles. The van der Waals surface area contributed by atoms with Crippen LogP contribution in [0.1, 0.15) is 78.9 Å². The molecule has 0 bridgehead atoms. The minimum atomic E-state index is -1.10. The Kier molecular flexibility index (Phi) is 5.12. The second kappa shape index (κ2) is 6.03. The molecule has 0 atom stereocenters. The van der Waals surface area contributed by atoms with Crippen LogP contribution < -0.4 is 0 Å². The summed E-state index contributed by atoms with van der Waals surface area (Å²) in [5.74, 6) is -2.20. The highest BCUT2D eigenvalue weighted by Crippen LogP contribution is 2.39. The average molecular weight is 371 g/mol. The van der Waals surface area contributed by atoms with Gasteiger partial charge in [0, 0.05) is 5.33 Å². The minimum absolute atomic E-state index is 0.0624. The first kappa shape index (κ1) is 18.7. The molecule has 2 N–H and O–H groups in total. The van der Waals surface area contributed by atoms with E-state index in [4.69, 9.17) is 0 Å². The molecule has 0 unspecified atom stereocenters. The molecule has 1 rings (SSSR count). The van der Waals surface area contributed by atoms with Gasteiger partial charge < -0.3 is 10.2 Å². The number of benzene rings is 1. The van der Waals surface area contributed by atoms with E-state index in [1.54, 1.807) is 0 Å². The van der Waals surface area contributed by atoms with Gasteiger partial charge in [0.05, 0.1) is 11.1 Å². The molecule has 0 aliphatic rings. The number of carbonyl (C=O) groups is 2. The van der Waals surface area contributed by atoms with E-state index in [0.29, 0.717) is 16.5 Å². The quantitative estimate of drug-likeness (QED) is 0.763. The van der Waals surface area contributed by atoms with Gasteiger partial charge in [-0.3, -0.25) is 0 Å². The summed E-state index contributed by atoms with van der Waals surface area (Å²) < 4.78 is 0. The molecule has 22 heavy (non-hydrogen) atoms. The lowest BCUT2D eigenvalue weighted by Gasteiger charge is -2.32. The number of rotatable bonds is 3. The lowest BCUT2D eigenvalue weighted by molar-refractivity contribution is 0.0693. The van der Waals surface area contributed by atoms with Crippen LogP contribution in [0.5, 0.6) is 0 Å². The molecule has 4 nitrogen and oxygen atoms in total. The Balaban J connectivity index is 4.09. The molecule has 1 aromatic carbocycles. The minimum Gasteiger partial charge on any atom is -0.478 e. The lowest BCUT2D eigenvalue weighted by Crippen LogP contribution is -2.27. The van der Waals surface area contributed by atoms with E-state index in [9.17, 15) is 19.8 Å². The van der Waals surface area contributed by atoms with Gasteiger partial charge in [-0.1, -0.05) is 57.5 Å². The topological polar surface area (TPSA) is 74.6 Å². The molecular formula is C17H23BrO4. The maximum Gasteiger partial charge on any atom is 0.336 e. The van der Waals surface area contributed by atoms with E-state index < -0.39 is 22.8 Å². The fourth-order valence-electron chi connectivity index (χ4n) is 2.92. The summed E-state index contributed by atoms with van der Waals surface area (Å²) in [6, 6.07) is 1.30. The number of carboxylic acid groups (broad SMARTS) is 2. The Morgan fingerprint density at radius 1 is 0.909 bits per heavy atom. The van der Waals surface area contributed by atoms with Crippen molar-refractivity contribution in [3.63, 3.8) is 0 Å². The van der Waals surface area contributed by atoms with Crippen LogP contribution in [-0.2, 0) is 16.2 Å². The molecule has 122 valence electrons. The number of hydrogen-bond donors (Lipinski definition) is 2. The molecule has 0 spiro atoms. The molecule has 0 amide bonds. The SMILES string of the molecule is CC(C)(C)c1c(C(=O)O)cc(C(=O)O)c(C(C)(C)C)c1CBr. The van der Waals surface area contributed by atoms with Crippen molar-refractivity contribution in [1.82, 2.24) is 0 Å². The molecule has 0 saturated heterocycles. The summed E-state index contributed by atoms with van der Waals surface area (Å²) >= 11 is 3.42. The zero-order valence-corrected chi connectivity index (χ0v) is 15.5. The fraction of sp³-hybridized carbons (Fsp3) is 0.529. The summed E-state index contributed by atoms with van der Waals surface area (Å²) in [4.78, 5) is 23.3. The Bertz CT molecular complexity index is 569. The van der Waals surface area contributed by atoms with Crippen molar-refractivity contribution < 1.29 is 19.8 Å². The zero-order chi connectivity index (χ0) is 17.5. The fourth-order valence-corrected chi connectivity index (χ4v) is 3.48. The van der Waals surface area contributed by atoms with Crippen molar-refractivity contribution in [2.45, 2.75) is 57.7 Å². The third-order valence-corrected chi connectivity index (χ3v) is 4.09. The number of hydrogen-bond acceptors (Lipinski definition) is 2. The lowest BCUT2D eigenvalue weighted by atomic mass is 9.72. The van der Waals surface area contributed by atoms with Gasteiger partial charge in [0.25, 0.3) is 0 Å². The number of halogens is 1. The van der Waals surface area contributed by atoms with Crippen molar-refractivity contribution in [2.75, 3.05) is 0 Å². The highest BCUT2D eigenvalue weighted by atomic mass is 79.9. The van der Waals surface area contributed by atoms with E-state index >= 15 is 0 Å². The van der Waals surface area contributed by atoms with Gasteiger partial charge in [0.15, 0.2) is 0 Å². The summed E-state index contributed by atoms with van der Waals surface area (Å²) in [5.41, 5.74) is 1.44. The third kappa shape index (κ3) is 3.51. The van der Waals surface area contributed by atoms with Gasteiger partial charge in [-0.05, 0) is 33.6 Å². The molecule has 5 heteroatoms. The van der Waals surface area contributed by atoms with Crippen LogP contribution in [0.15, 0.2) is 6.07 Å². The third-order valence-electron chi connectivity index (χ3n) is 3.53. The predicted molar refractivity (Wildman–Crippen MR) is 90.4 cm³/mol. The maximum absolute atomic E-state index is 11.7. The van der Waals surface area contributed by atoms with Gasteiger partial charge >= 0.3 is 11.9 Å². The molecule has 0 heterocycles. The summed E-state index contributed by atoms with van der Waals surface area (Å²) in [5, 5.41) is 19.5. The maximum atomic E-state index is 11.7. The Morgan fingerprint density at radius 2 is 1.23 bits per heavy atom. The zero-order valence-electron chi connectivity index (χ0n) is 13.9. The normalized spacial score (nSPS) is 12.3. The number of alkyl halides is 1. The first-order valence-electron chi connectivity index (χ1n) is 7.05.